The van der Waals surface area contributed by atoms with E-state index >= 15 is 0 Å². The molecule has 5 rings (SSSR count). The van der Waals surface area contributed by atoms with Gasteiger partial charge in [-0.15, -0.1) is 0 Å². The molecule has 0 aromatic heterocycles. The lowest BCUT2D eigenvalue weighted by Gasteiger charge is -2.58. The molecule has 4 fully saturated rings. The Labute approximate surface area is 226 Å². The maximum Gasteiger partial charge on any atom is 0.438 e. The zero-order valence-corrected chi connectivity index (χ0v) is 23.4. The highest BCUT2D eigenvalue weighted by Gasteiger charge is 2.59. The SMILES string of the molecule is C/C(=N\OC(=O)N(COC=O)CC1CCCCN1)[C@H]1CC[C@H]2[C@@H]3CCC4=CC(=O)CC[C@]4(C)[C@H]3CC[C@]12C. The molecule has 0 aromatic carbocycles. The molecule has 0 aromatic rings. The third-order valence-corrected chi connectivity index (χ3v) is 11.1. The van der Waals surface area contributed by atoms with Crippen LogP contribution in [0.5, 0.6) is 0 Å². The highest BCUT2D eigenvalue weighted by atomic mass is 16.7. The summed E-state index contributed by atoms with van der Waals surface area (Å²) in [5, 5.41) is 7.79. The van der Waals surface area contributed by atoms with Crippen molar-refractivity contribution >= 4 is 24.1 Å². The first-order valence-electron chi connectivity index (χ1n) is 14.8. The molecule has 38 heavy (non-hydrogen) atoms. The first-order valence-corrected chi connectivity index (χ1v) is 14.8. The fourth-order valence-corrected chi connectivity index (χ4v) is 9.12. The number of carbonyl (C=O) groups excluding carboxylic acids is 3. The van der Waals surface area contributed by atoms with Gasteiger partial charge in [-0.05, 0) is 106 Å². The first kappa shape index (κ1) is 27.4. The Morgan fingerprint density at radius 1 is 1.13 bits per heavy atom. The minimum absolute atomic E-state index is 0.137. The zero-order valence-electron chi connectivity index (χ0n) is 23.4. The van der Waals surface area contributed by atoms with Crippen molar-refractivity contribution in [3.05, 3.63) is 11.6 Å². The van der Waals surface area contributed by atoms with Crippen molar-refractivity contribution in [2.24, 2.45) is 39.7 Å². The second-order valence-electron chi connectivity index (χ2n) is 13.0. The second-order valence-corrected chi connectivity index (χ2v) is 13.0. The molecule has 1 aliphatic heterocycles. The molecule has 5 aliphatic rings. The maximum atomic E-state index is 12.9. The Hall–Kier alpha value is -2.22. The quantitative estimate of drug-likeness (QED) is 0.160. The van der Waals surface area contributed by atoms with Crippen LogP contribution in [0.25, 0.3) is 0 Å². The van der Waals surface area contributed by atoms with Crippen LogP contribution in [0.15, 0.2) is 16.8 Å². The number of piperidine rings is 1. The topological polar surface area (TPSA) is 97.3 Å². The van der Waals surface area contributed by atoms with Crippen molar-refractivity contribution in [2.45, 2.75) is 97.4 Å². The van der Waals surface area contributed by atoms with E-state index in [1.165, 1.54) is 29.7 Å². The zero-order chi connectivity index (χ0) is 26.9. The Morgan fingerprint density at radius 2 is 1.97 bits per heavy atom. The molecule has 1 amide bonds. The Bertz CT molecular complexity index is 988. The molecule has 1 unspecified atom stereocenters. The van der Waals surface area contributed by atoms with Gasteiger partial charge >= 0.3 is 6.09 Å². The van der Waals surface area contributed by atoms with Crippen LogP contribution in [-0.2, 0) is 19.2 Å². The molecule has 1 heterocycles. The van der Waals surface area contributed by atoms with E-state index in [9.17, 15) is 14.4 Å². The van der Waals surface area contributed by atoms with Crippen LogP contribution in [0.3, 0.4) is 0 Å². The van der Waals surface area contributed by atoms with Gasteiger partial charge in [0.15, 0.2) is 12.5 Å². The normalized spacial score (nSPS) is 38.8. The lowest BCUT2D eigenvalue weighted by atomic mass is 9.46. The van der Waals surface area contributed by atoms with Gasteiger partial charge in [-0.3, -0.25) is 19.3 Å². The molecule has 1 saturated heterocycles. The standard InChI is InChI=1S/C30H45N3O5/c1-20(32-38-28(36)33(18-37-19-34)17-22-6-4-5-15-31-22)25-9-10-26-24-8-7-21-16-23(35)11-13-29(21,2)27(24)12-14-30(25,26)3/h16,19,22,24-27,31H,4-15,17-18H2,1-3H3/b32-20+/t22?,24-,25+,26-,27-,29-,30+/m0/s1. The number of hydrogen-bond acceptors (Lipinski definition) is 7. The van der Waals surface area contributed by atoms with Gasteiger partial charge in [0.1, 0.15) is 0 Å². The smallest absolute Gasteiger partial charge is 0.438 e. The van der Waals surface area contributed by atoms with Crippen LogP contribution in [0.2, 0.25) is 0 Å². The largest absolute Gasteiger partial charge is 0.446 e. The van der Waals surface area contributed by atoms with Crippen molar-refractivity contribution < 1.29 is 24.0 Å². The highest BCUT2D eigenvalue weighted by Crippen LogP contribution is 2.66. The van der Waals surface area contributed by atoms with E-state index in [2.05, 4.69) is 24.3 Å². The molecule has 1 N–H and O–H groups in total. The number of nitrogens with one attached hydrogen (secondary N) is 1. The van der Waals surface area contributed by atoms with Crippen molar-refractivity contribution in [1.29, 1.82) is 0 Å². The number of amides is 1. The van der Waals surface area contributed by atoms with Gasteiger partial charge in [-0.25, -0.2) is 4.79 Å². The molecular formula is C30H45N3O5. The van der Waals surface area contributed by atoms with E-state index in [0.29, 0.717) is 48.9 Å². The summed E-state index contributed by atoms with van der Waals surface area (Å²) in [6, 6.07) is 0.163. The van der Waals surface area contributed by atoms with Gasteiger partial charge in [0.2, 0.25) is 0 Å². The van der Waals surface area contributed by atoms with Crippen molar-refractivity contribution in [1.82, 2.24) is 10.2 Å². The summed E-state index contributed by atoms with van der Waals surface area (Å²) in [5.41, 5.74) is 2.62. The third kappa shape index (κ3) is 5.05. The van der Waals surface area contributed by atoms with E-state index in [1.807, 2.05) is 13.0 Å². The summed E-state index contributed by atoms with van der Waals surface area (Å²) >= 11 is 0. The summed E-state index contributed by atoms with van der Waals surface area (Å²) in [6.45, 7) is 8.43. The molecule has 4 aliphatic carbocycles. The van der Waals surface area contributed by atoms with Crippen LogP contribution in [0, 0.1) is 34.5 Å². The van der Waals surface area contributed by atoms with Gasteiger partial charge in [0.25, 0.3) is 6.47 Å². The van der Waals surface area contributed by atoms with Crippen LogP contribution in [-0.4, -0.2) is 54.8 Å². The highest BCUT2D eigenvalue weighted by molar-refractivity contribution is 5.91. The first-order chi connectivity index (χ1) is 18.3. The Kier molecular flexibility index (Phi) is 7.99. The van der Waals surface area contributed by atoms with Gasteiger partial charge in [-0.2, -0.15) is 0 Å². The fraction of sp³-hybridized carbons (Fsp3) is 0.800. The van der Waals surface area contributed by atoms with Crippen LogP contribution in [0.4, 0.5) is 4.79 Å². The number of carbonyl (C=O) groups is 3. The number of ketones is 1. The number of ether oxygens (including phenoxy) is 1. The predicted octanol–water partition coefficient (Wildman–Crippen LogP) is 5.22. The van der Waals surface area contributed by atoms with Gasteiger partial charge in [-0.1, -0.05) is 31.0 Å². The summed E-state index contributed by atoms with van der Waals surface area (Å²) in [6.07, 6.45) is 13.1. The van der Waals surface area contributed by atoms with Crippen LogP contribution < -0.4 is 5.32 Å². The van der Waals surface area contributed by atoms with Crippen LogP contribution >= 0.6 is 0 Å². The lowest BCUT2D eigenvalue weighted by molar-refractivity contribution is -0.132. The number of rotatable bonds is 7. The Balaban J connectivity index is 1.25. The second kappa shape index (κ2) is 11.1. The van der Waals surface area contributed by atoms with Crippen LogP contribution in [0.1, 0.15) is 91.4 Å². The number of hydrogen-bond donors (Lipinski definition) is 1. The van der Waals surface area contributed by atoms with Gasteiger partial charge < -0.3 is 10.1 Å². The summed E-state index contributed by atoms with van der Waals surface area (Å²) < 4.78 is 4.90. The number of nitrogens with zero attached hydrogens (tertiary/aromatic N) is 2. The average molecular weight is 528 g/mol. The Morgan fingerprint density at radius 3 is 2.74 bits per heavy atom. The summed E-state index contributed by atoms with van der Waals surface area (Å²) in [5.74, 6) is 2.58. The van der Waals surface area contributed by atoms with E-state index in [1.54, 1.807) is 0 Å². The maximum absolute atomic E-state index is 12.9. The van der Waals surface area contributed by atoms with E-state index in [0.717, 1.165) is 57.2 Å². The lowest BCUT2D eigenvalue weighted by Crippen LogP contribution is -2.51. The van der Waals surface area contributed by atoms with Gasteiger partial charge in [0.05, 0.1) is 5.71 Å². The molecule has 210 valence electrons. The average Bonchev–Trinajstić information content (AvgIpc) is 3.27. The van der Waals surface area contributed by atoms with E-state index in [-0.39, 0.29) is 23.6 Å². The van der Waals surface area contributed by atoms with Crippen molar-refractivity contribution in [2.75, 3.05) is 19.8 Å². The number of allylic oxidation sites excluding steroid dienone is 1. The minimum Gasteiger partial charge on any atom is -0.446 e. The molecular weight excluding hydrogens is 482 g/mol. The fourth-order valence-electron chi connectivity index (χ4n) is 9.12. The summed E-state index contributed by atoms with van der Waals surface area (Å²) in [4.78, 5) is 42.7. The number of fused-ring (bicyclic) bond motifs is 5. The van der Waals surface area contributed by atoms with E-state index in [4.69, 9.17) is 9.57 Å². The van der Waals surface area contributed by atoms with Gasteiger partial charge in [0, 0.05) is 24.9 Å². The van der Waals surface area contributed by atoms with Crippen molar-refractivity contribution in [3.63, 3.8) is 0 Å². The molecule has 7 atom stereocenters. The van der Waals surface area contributed by atoms with Crippen molar-refractivity contribution in [3.8, 4) is 0 Å². The molecule has 8 nitrogen and oxygen atoms in total. The number of oxime groups is 1. The molecule has 8 heteroatoms. The minimum atomic E-state index is -0.576. The molecule has 3 saturated carbocycles. The molecule has 0 radical (unpaired) electrons. The van der Waals surface area contributed by atoms with E-state index < -0.39 is 6.09 Å². The monoisotopic (exact) mass is 527 g/mol. The third-order valence-electron chi connectivity index (χ3n) is 11.1. The molecule has 0 spiro atoms. The molecule has 0 bridgehead atoms. The summed E-state index contributed by atoms with van der Waals surface area (Å²) in [7, 11) is 0. The predicted molar refractivity (Wildman–Crippen MR) is 144 cm³/mol.